The van der Waals surface area contributed by atoms with Crippen LogP contribution >= 0.6 is 0 Å². The highest BCUT2D eigenvalue weighted by molar-refractivity contribution is 5.94. The fourth-order valence-corrected chi connectivity index (χ4v) is 3.50. The first-order valence-electron chi connectivity index (χ1n) is 8.47. The van der Waals surface area contributed by atoms with Gasteiger partial charge in [0.1, 0.15) is 0 Å². The summed E-state index contributed by atoms with van der Waals surface area (Å²) < 4.78 is 0. The number of nitrogens with zero attached hydrogens (tertiary/aromatic N) is 2. The summed E-state index contributed by atoms with van der Waals surface area (Å²) in [5.74, 6) is -1.28. The topological polar surface area (TPSA) is 60.9 Å². The van der Waals surface area contributed by atoms with Gasteiger partial charge in [0.2, 0.25) is 0 Å². The first-order chi connectivity index (χ1) is 11.1. The summed E-state index contributed by atoms with van der Waals surface area (Å²) >= 11 is 0. The maximum atomic E-state index is 12.5. The van der Waals surface area contributed by atoms with Crippen LogP contribution < -0.4 is 0 Å². The van der Waals surface area contributed by atoms with Crippen molar-refractivity contribution in [3.8, 4) is 0 Å². The molecule has 23 heavy (non-hydrogen) atoms. The van der Waals surface area contributed by atoms with Gasteiger partial charge in [-0.05, 0) is 56.5 Å². The minimum absolute atomic E-state index is 0.0522. The molecule has 3 rings (SSSR count). The van der Waals surface area contributed by atoms with Crippen molar-refractivity contribution in [3.05, 3.63) is 35.4 Å². The molecule has 2 fully saturated rings. The molecular weight excluding hydrogens is 292 g/mol. The van der Waals surface area contributed by atoms with Crippen molar-refractivity contribution in [2.24, 2.45) is 5.92 Å². The third kappa shape index (κ3) is 3.91. The van der Waals surface area contributed by atoms with E-state index < -0.39 is 11.9 Å². The smallest absolute Gasteiger partial charge is 0.308 e. The molecule has 1 aromatic rings. The number of carboxylic acids is 1. The second-order valence-corrected chi connectivity index (χ2v) is 6.61. The van der Waals surface area contributed by atoms with Gasteiger partial charge in [0.25, 0.3) is 5.91 Å². The molecule has 2 aliphatic heterocycles. The van der Waals surface area contributed by atoms with E-state index >= 15 is 0 Å². The van der Waals surface area contributed by atoms with Crippen LogP contribution in [0.5, 0.6) is 0 Å². The van der Waals surface area contributed by atoms with Gasteiger partial charge >= 0.3 is 5.97 Å². The fraction of sp³-hybridized carbons (Fsp3) is 0.556. The second-order valence-electron chi connectivity index (χ2n) is 6.61. The molecule has 1 atom stereocenters. The van der Waals surface area contributed by atoms with Gasteiger partial charge in [-0.15, -0.1) is 0 Å². The van der Waals surface area contributed by atoms with Crippen LogP contribution in [-0.2, 0) is 11.3 Å². The third-order valence-corrected chi connectivity index (χ3v) is 4.86. The van der Waals surface area contributed by atoms with Crippen molar-refractivity contribution in [1.29, 1.82) is 0 Å². The zero-order chi connectivity index (χ0) is 16.2. The molecule has 5 nitrogen and oxygen atoms in total. The van der Waals surface area contributed by atoms with E-state index in [4.69, 9.17) is 5.11 Å². The third-order valence-electron chi connectivity index (χ3n) is 4.86. The zero-order valence-corrected chi connectivity index (χ0v) is 13.4. The van der Waals surface area contributed by atoms with E-state index in [1.165, 1.54) is 18.4 Å². The number of amides is 1. The van der Waals surface area contributed by atoms with E-state index in [0.29, 0.717) is 25.1 Å². The quantitative estimate of drug-likeness (QED) is 0.925. The highest BCUT2D eigenvalue weighted by Crippen LogP contribution is 2.19. The second kappa shape index (κ2) is 7.13. The maximum Gasteiger partial charge on any atom is 0.308 e. The lowest BCUT2D eigenvalue weighted by atomic mass is 9.97. The molecule has 0 radical (unpaired) electrons. The van der Waals surface area contributed by atoms with Crippen LogP contribution in [0.25, 0.3) is 0 Å². The molecule has 1 N–H and O–H groups in total. The Hall–Kier alpha value is -1.88. The number of likely N-dealkylation sites (tertiary alicyclic amines) is 2. The van der Waals surface area contributed by atoms with E-state index in [9.17, 15) is 9.59 Å². The number of hydrogen-bond acceptors (Lipinski definition) is 3. The fourth-order valence-electron chi connectivity index (χ4n) is 3.50. The zero-order valence-electron chi connectivity index (χ0n) is 13.4. The Morgan fingerprint density at radius 1 is 1.04 bits per heavy atom. The monoisotopic (exact) mass is 316 g/mol. The average molecular weight is 316 g/mol. The standard InChI is InChI=1S/C18H24N2O3/c21-17(20-11-3-4-16(13-20)18(22)23)15-7-5-14(6-8-15)12-19-9-1-2-10-19/h5-8,16H,1-4,9-13H2,(H,22,23). The number of carbonyl (C=O) groups excluding carboxylic acids is 1. The van der Waals surface area contributed by atoms with Gasteiger partial charge in [0.15, 0.2) is 0 Å². The molecule has 2 heterocycles. The molecule has 124 valence electrons. The Morgan fingerprint density at radius 2 is 1.74 bits per heavy atom. The summed E-state index contributed by atoms with van der Waals surface area (Å²) in [6.07, 6.45) is 3.97. The molecule has 0 saturated carbocycles. The van der Waals surface area contributed by atoms with Crippen LogP contribution in [-0.4, -0.2) is 53.0 Å². The molecule has 1 unspecified atom stereocenters. The minimum atomic E-state index is -0.802. The number of rotatable bonds is 4. The number of carbonyl (C=O) groups is 2. The van der Waals surface area contributed by atoms with Crippen molar-refractivity contribution in [3.63, 3.8) is 0 Å². The van der Waals surface area contributed by atoms with Crippen LogP contribution in [0.4, 0.5) is 0 Å². The number of hydrogen-bond donors (Lipinski definition) is 1. The molecule has 1 amide bonds. The van der Waals surface area contributed by atoms with Crippen molar-refractivity contribution >= 4 is 11.9 Å². The molecule has 5 heteroatoms. The van der Waals surface area contributed by atoms with E-state index in [0.717, 1.165) is 26.1 Å². The molecular formula is C18H24N2O3. The van der Waals surface area contributed by atoms with Gasteiger partial charge in [0.05, 0.1) is 5.92 Å². The molecule has 2 saturated heterocycles. The van der Waals surface area contributed by atoms with Crippen LogP contribution in [0.15, 0.2) is 24.3 Å². The van der Waals surface area contributed by atoms with Crippen LogP contribution in [0.1, 0.15) is 41.6 Å². The van der Waals surface area contributed by atoms with Gasteiger partial charge in [0, 0.05) is 25.2 Å². The summed E-state index contributed by atoms with van der Waals surface area (Å²) in [5.41, 5.74) is 1.88. The summed E-state index contributed by atoms with van der Waals surface area (Å²) in [4.78, 5) is 27.8. The number of piperidine rings is 1. The van der Waals surface area contributed by atoms with Crippen LogP contribution in [0.2, 0.25) is 0 Å². The average Bonchev–Trinajstić information content (AvgIpc) is 3.08. The van der Waals surface area contributed by atoms with Crippen molar-refractivity contribution in [2.75, 3.05) is 26.2 Å². The Balaban J connectivity index is 1.61. The molecule has 0 bridgehead atoms. The Kier molecular flexibility index (Phi) is 4.96. The molecule has 0 aliphatic carbocycles. The predicted molar refractivity (Wildman–Crippen MR) is 87.2 cm³/mol. The highest BCUT2D eigenvalue weighted by atomic mass is 16.4. The number of carboxylic acid groups (broad SMARTS) is 1. The van der Waals surface area contributed by atoms with E-state index in [1.54, 1.807) is 4.90 Å². The summed E-state index contributed by atoms with van der Waals surface area (Å²) in [6, 6.07) is 7.78. The predicted octanol–water partition coefficient (Wildman–Crippen LogP) is 2.22. The minimum Gasteiger partial charge on any atom is -0.481 e. The SMILES string of the molecule is O=C(O)C1CCCN(C(=O)c2ccc(CN3CCCC3)cc2)C1. The van der Waals surface area contributed by atoms with Crippen LogP contribution in [0.3, 0.4) is 0 Å². The Labute approximate surface area is 136 Å². The van der Waals surface area contributed by atoms with Crippen molar-refractivity contribution in [1.82, 2.24) is 9.80 Å². The van der Waals surface area contributed by atoms with Gasteiger partial charge in [-0.2, -0.15) is 0 Å². The van der Waals surface area contributed by atoms with Gasteiger partial charge in [-0.1, -0.05) is 12.1 Å². The summed E-state index contributed by atoms with van der Waals surface area (Å²) in [6.45, 7) is 4.23. The Bertz CT molecular complexity index is 564. The lowest BCUT2D eigenvalue weighted by Crippen LogP contribution is -2.42. The lowest BCUT2D eigenvalue weighted by Gasteiger charge is -2.30. The van der Waals surface area contributed by atoms with E-state index in [-0.39, 0.29) is 5.91 Å². The Morgan fingerprint density at radius 3 is 2.39 bits per heavy atom. The summed E-state index contributed by atoms with van der Waals surface area (Å²) in [5, 5.41) is 9.14. The number of aliphatic carboxylic acids is 1. The summed E-state index contributed by atoms with van der Waals surface area (Å²) in [7, 11) is 0. The first kappa shape index (κ1) is 16.0. The highest BCUT2D eigenvalue weighted by Gasteiger charge is 2.28. The lowest BCUT2D eigenvalue weighted by molar-refractivity contribution is -0.143. The first-order valence-corrected chi connectivity index (χ1v) is 8.47. The maximum absolute atomic E-state index is 12.5. The molecule has 2 aliphatic rings. The molecule has 0 aromatic heterocycles. The van der Waals surface area contributed by atoms with Crippen molar-refractivity contribution in [2.45, 2.75) is 32.2 Å². The van der Waals surface area contributed by atoms with E-state index in [1.807, 2.05) is 24.3 Å². The van der Waals surface area contributed by atoms with Gasteiger partial charge in [-0.25, -0.2) is 0 Å². The van der Waals surface area contributed by atoms with Crippen molar-refractivity contribution < 1.29 is 14.7 Å². The van der Waals surface area contributed by atoms with E-state index in [2.05, 4.69) is 4.90 Å². The number of benzene rings is 1. The molecule has 1 aromatic carbocycles. The largest absolute Gasteiger partial charge is 0.481 e. The normalized spacial score (nSPS) is 22.3. The van der Waals surface area contributed by atoms with Gasteiger partial charge in [-0.3, -0.25) is 14.5 Å². The van der Waals surface area contributed by atoms with Crippen LogP contribution in [0, 0.1) is 5.92 Å². The van der Waals surface area contributed by atoms with Gasteiger partial charge < -0.3 is 10.0 Å². The molecule has 0 spiro atoms.